The van der Waals surface area contributed by atoms with Crippen molar-refractivity contribution in [1.29, 1.82) is 0 Å². The van der Waals surface area contributed by atoms with E-state index < -0.39 is 5.41 Å². The summed E-state index contributed by atoms with van der Waals surface area (Å²) in [5.74, 6) is -0.464. The van der Waals surface area contributed by atoms with Crippen LogP contribution in [0.4, 0.5) is 0 Å². The molecule has 2 fully saturated rings. The normalized spacial score (nSPS) is 25.7. The standard InChI is InChI=1S/C16H18ClNO4.ClH/c1-10-4-3-5-12(17)13(10)14(19)18-6-11-7-22-9-16(11,8-18)15(20)21-2;/h3-5,11H,6-9H2,1-2H3;1H/t11-,16-;/m0./s1. The molecular weight excluding hydrogens is 341 g/mol. The number of hydrogen-bond acceptors (Lipinski definition) is 4. The molecule has 7 heteroatoms. The first kappa shape index (κ1) is 18.0. The number of hydrogen-bond donors (Lipinski definition) is 0. The number of likely N-dealkylation sites (tertiary alicyclic amines) is 1. The van der Waals surface area contributed by atoms with Crippen LogP contribution in [0.15, 0.2) is 18.2 Å². The van der Waals surface area contributed by atoms with Gasteiger partial charge in [-0.3, -0.25) is 9.59 Å². The number of methoxy groups -OCH3 is 1. The number of amides is 1. The smallest absolute Gasteiger partial charge is 0.316 e. The van der Waals surface area contributed by atoms with Gasteiger partial charge in [-0.2, -0.15) is 0 Å². The average Bonchev–Trinajstić information content (AvgIpc) is 3.03. The van der Waals surface area contributed by atoms with E-state index in [1.54, 1.807) is 11.0 Å². The number of fused-ring (bicyclic) bond motifs is 1. The topological polar surface area (TPSA) is 55.8 Å². The molecule has 0 aliphatic carbocycles. The van der Waals surface area contributed by atoms with Gasteiger partial charge in [0.15, 0.2) is 0 Å². The maximum atomic E-state index is 12.8. The van der Waals surface area contributed by atoms with Crippen LogP contribution >= 0.6 is 24.0 Å². The molecule has 0 saturated carbocycles. The van der Waals surface area contributed by atoms with Crippen LogP contribution in [0.1, 0.15) is 15.9 Å². The van der Waals surface area contributed by atoms with Gasteiger partial charge in [-0.25, -0.2) is 0 Å². The van der Waals surface area contributed by atoms with E-state index in [1.165, 1.54) is 7.11 Å². The van der Waals surface area contributed by atoms with Gasteiger partial charge in [-0.1, -0.05) is 23.7 Å². The zero-order valence-corrected chi connectivity index (χ0v) is 14.6. The van der Waals surface area contributed by atoms with Gasteiger partial charge in [-0.15, -0.1) is 12.4 Å². The summed E-state index contributed by atoms with van der Waals surface area (Å²) in [6, 6.07) is 5.38. The molecule has 2 aliphatic heterocycles. The number of carbonyl (C=O) groups is 2. The summed E-state index contributed by atoms with van der Waals surface area (Å²) in [6.07, 6.45) is 0. The van der Waals surface area contributed by atoms with E-state index in [2.05, 4.69) is 0 Å². The summed E-state index contributed by atoms with van der Waals surface area (Å²) in [6.45, 7) is 3.43. The summed E-state index contributed by atoms with van der Waals surface area (Å²) >= 11 is 6.18. The third-order valence-electron chi connectivity index (χ3n) is 4.69. The Hall–Kier alpha value is -1.30. The third kappa shape index (κ3) is 2.82. The van der Waals surface area contributed by atoms with Crippen molar-refractivity contribution in [3.63, 3.8) is 0 Å². The number of ether oxygens (including phenoxy) is 2. The second kappa shape index (κ2) is 6.67. The predicted octanol–water partition coefficient (Wildman–Crippen LogP) is 2.33. The first-order chi connectivity index (χ1) is 10.5. The molecule has 2 atom stereocenters. The molecule has 126 valence electrons. The minimum atomic E-state index is -0.737. The quantitative estimate of drug-likeness (QED) is 0.760. The molecule has 3 rings (SSSR count). The number of halogens is 2. The van der Waals surface area contributed by atoms with E-state index in [1.807, 2.05) is 19.1 Å². The molecule has 0 radical (unpaired) electrons. The molecule has 1 amide bonds. The fourth-order valence-corrected chi connectivity index (χ4v) is 3.75. The Bertz CT molecular complexity index is 616. The molecule has 2 aliphatic rings. The van der Waals surface area contributed by atoms with E-state index in [4.69, 9.17) is 21.1 Å². The van der Waals surface area contributed by atoms with Crippen LogP contribution in [0.25, 0.3) is 0 Å². The average molecular weight is 360 g/mol. The second-order valence-corrected chi connectivity index (χ2v) is 6.38. The van der Waals surface area contributed by atoms with E-state index >= 15 is 0 Å². The SMILES string of the molecule is COC(=O)[C@@]12COC[C@@H]1CN(C(=O)c1c(C)cccc1Cl)C2.Cl. The van der Waals surface area contributed by atoms with Crippen molar-refractivity contribution < 1.29 is 19.1 Å². The lowest BCUT2D eigenvalue weighted by Gasteiger charge is -2.24. The molecule has 23 heavy (non-hydrogen) atoms. The van der Waals surface area contributed by atoms with Crippen molar-refractivity contribution in [3.05, 3.63) is 34.3 Å². The number of aryl methyl sites for hydroxylation is 1. The van der Waals surface area contributed by atoms with Crippen molar-refractivity contribution in [1.82, 2.24) is 4.90 Å². The summed E-state index contributed by atoms with van der Waals surface area (Å²) in [7, 11) is 1.37. The molecule has 0 spiro atoms. The number of nitrogens with zero attached hydrogens (tertiary/aromatic N) is 1. The molecule has 1 aromatic carbocycles. The summed E-state index contributed by atoms with van der Waals surface area (Å²) in [4.78, 5) is 26.7. The van der Waals surface area contributed by atoms with Gasteiger partial charge in [0.2, 0.25) is 0 Å². The lowest BCUT2D eigenvalue weighted by Crippen LogP contribution is -2.41. The Balaban J connectivity index is 0.00000192. The van der Waals surface area contributed by atoms with Gasteiger partial charge in [0.1, 0.15) is 5.41 Å². The van der Waals surface area contributed by atoms with Crippen LogP contribution < -0.4 is 0 Å². The zero-order chi connectivity index (χ0) is 15.9. The zero-order valence-electron chi connectivity index (χ0n) is 13.0. The van der Waals surface area contributed by atoms with Crippen molar-refractivity contribution >= 4 is 35.9 Å². The van der Waals surface area contributed by atoms with E-state index in [9.17, 15) is 9.59 Å². The van der Waals surface area contributed by atoms with E-state index in [-0.39, 0.29) is 30.2 Å². The Morgan fingerprint density at radius 2 is 2.17 bits per heavy atom. The monoisotopic (exact) mass is 359 g/mol. The van der Waals surface area contributed by atoms with Crippen LogP contribution in [0.3, 0.4) is 0 Å². The molecule has 2 heterocycles. The highest BCUT2D eigenvalue weighted by Crippen LogP contribution is 2.43. The minimum Gasteiger partial charge on any atom is -0.468 e. The van der Waals surface area contributed by atoms with Gasteiger partial charge in [0.25, 0.3) is 5.91 Å². The molecule has 0 bridgehead atoms. The van der Waals surface area contributed by atoms with Gasteiger partial charge in [0.05, 0.1) is 30.9 Å². The molecule has 0 unspecified atom stereocenters. The molecule has 0 aromatic heterocycles. The molecule has 1 aromatic rings. The summed E-state index contributed by atoms with van der Waals surface area (Å²) in [5, 5.41) is 0.436. The Labute approximate surface area is 146 Å². The van der Waals surface area contributed by atoms with Crippen molar-refractivity contribution in [2.75, 3.05) is 33.4 Å². The van der Waals surface area contributed by atoms with Crippen molar-refractivity contribution in [2.45, 2.75) is 6.92 Å². The number of benzene rings is 1. The fraction of sp³-hybridized carbons (Fsp3) is 0.500. The molecular formula is C16H19Cl2NO4. The van der Waals surface area contributed by atoms with Crippen LogP contribution in [0, 0.1) is 18.3 Å². The van der Waals surface area contributed by atoms with Gasteiger partial charge in [0, 0.05) is 19.0 Å². The summed E-state index contributed by atoms with van der Waals surface area (Å²) in [5.41, 5.74) is 0.600. The molecule has 0 N–H and O–H groups in total. The predicted molar refractivity (Wildman–Crippen MR) is 88.1 cm³/mol. The van der Waals surface area contributed by atoms with Gasteiger partial charge in [-0.05, 0) is 18.6 Å². The lowest BCUT2D eigenvalue weighted by atomic mass is 9.81. The minimum absolute atomic E-state index is 0. The molecule has 5 nitrogen and oxygen atoms in total. The van der Waals surface area contributed by atoms with E-state index in [0.29, 0.717) is 36.9 Å². The van der Waals surface area contributed by atoms with Crippen LogP contribution in [0.5, 0.6) is 0 Å². The van der Waals surface area contributed by atoms with Crippen molar-refractivity contribution in [3.8, 4) is 0 Å². The lowest BCUT2D eigenvalue weighted by molar-refractivity contribution is -0.153. The third-order valence-corrected chi connectivity index (χ3v) is 5.00. The number of esters is 1. The fourth-order valence-electron chi connectivity index (χ4n) is 3.44. The maximum absolute atomic E-state index is 12.8. The van der Waals surface area contributed by atoms with E-state index in [0.717, 1.165) is 5.56 Å². The van der Waals surface area contributed by atoms with Gasteiger partial charge < -0.3 is 14.4 Å². The second-order valence-electron chi connectivity index (χ2n) is 5.98. The number of carbonyl (C=O) groups excluding carboxylic acids is 2. The van der Waals surface area contributed by atoms with Crippen LogP contribution in [-0.4, -0.2) is 50.2 Å². The first-order valence-electron chi connectivity index (χ1n) is 7.20. The highest BCUT2D eigenvalue weighted by atomic mass is 35.5. The Kier molecular flexibility index (Phi) is 5.23. The Morgan fingerprint density at radius 3 is 2.83 bits per heavy atom. The van der Waals surface area contributed by atoms with Gasteiger partial charge >= 0.3 is 5.97 Å². The highest BCUT2D eigenvalue weighted by Gasteiger charge is 2.57. The number of rotatable bonds is 2. The Morgan fingerprint density at radius 1 is 1.43 bits per heavy atom. The van der Waals surface area contributed by atoms with Crippen molar-refractivity contribution in [2.24, 2.45) is 11.3 Å². The summed E-state index contributed by atoms with van der Waals surface area (Å²) < 4.78 is 10.4. The van der Waals surface area contributed by atoms with Crippen LogP contribution in [0.2, 0.25) is 5.02 Å². The van der Waals surface area contributed by atoms with Crippen LogP contribution in [-0.2, 0) is 14.3 Å². The molecule has 2 saturated heterocycles. The first-order valence-corrected chi connectivity index (χ1v) is 7.58. The highest BCUT2D eigenvalue weighted by molar-refractivity contribution is 6.34. The maximum Gasteiger partial charge on any atom is 0.316 e. The largest absolute Gasteiger partial charge is 0.468 e.